The lowest BCUT2D eigenvalue weighted by Gasteiger charge is -2.70. The maximum atomic E-state index is 11.9. The van der Waals surface area contributed by atoms with Gasteiger partial charge in [-0.1, -0.05) is 34.6 Å². The summed E-state index contributed by atoms with van der Waals surface area (Å²) in [4.78, 5) is 11.9. The molecule has 4 heteroatoms. The van der Waals surface area contributed by atoms with Gasteiger partial charge in [-0.25, -0.2) is 0 Å². The highest BCUT2D eigenvalue weighted by Gasteiger charge is 2.70. The van der Waals surface area contributed by atoms with Crippen molar-refractivity contribution in [1.82, 2.24) is 0 Å². The van der Waals surface area contributed by atoms with Gasteiger partial charge < -0.3 is 14.6 Å². The Balaban J connectivity index is 1.42. The number of rotatable bonds is 3. The van der Waals surface area contributed by atoms with Crippen molar-refractivity contribution in [3.8, 4) is 0 Å². The molecular weight excluding hydrogens is 448 g/mol. The third-order valence-electron chi connectivity index (χ3n) is 13.5. The zero-order valence-corrected chi connectivity index (χ0v) is 24.7. The molecule has 4 aliphatic carbocycles. The lowest BCUT2D eigenvalue weighted by molar-refractivity contribution is -0.231. The Morgan fingerprint density at radius 3 is 2.08 bits per heavy atom. The molecule has 0 aromatic carbocycles. The molecule has 1 heterocycles. The molecule has 0 radical (unpaired) electrons. The molecule has 4 nitrogen and oxygen atoms in total. The Morgan fingerprint density at radius 1 is 0.806 bits per heavy atom. The van der Waals surface area contributed by atoms with Crippen molar-refractivity contribution in [2.75, 3.05) is 0 Å². The first-order valence-electron chi connectivity index (χ1n) is 15.1. The fraction of sp³-hybridized carbons (Fsp3) is 0.969. The predicted molar refractivity (Wildman–Crippen MR) is 143 cm³/mol. The van der Waals surface area contributed by atoms with Crippen LogP contribution in [-0.4, -0.2) is 34.5 Å². The summed E-state index contributed by atoms with van der Waals surface area (Å²) in [5, 5.41) is 10.7. The highest BCUT2D eigenvalue weighted by atomic mass is 16.5. The van der Waals surface area contributed by atoms with Gasteiger partial charge in [0.15, 0.2) is 0 Å². The first-order valence-corrected chi connectivity index (χ1v) is 15.1. The monoisotopic (exact) mass is 502 g/mol. The lowest BCUT2D eigenvalue weighted by Crippen LogP contribution is -2.64. The third-order valence-corrected chi connectivity index (χ3v) is 13.5. The minimum Gasteiger partial charge on any atom is -0.462 e. The van der Waals surface area contributed by atoms with E-state index in [0.29, 0.717) is 34.0 Å². The van der Waals surface area contributed by atoms with E-state index in [-0.39, 0.29) is 29.2 Å². The largest absolute Gasteiger partial charge is 0.462 e. The molecule has 4 saturated carbocycles. The van der Waals surface area contributed by atoms with E-state index in [1.165, 1.54) is 44.9 Å². The molecule has 206 valence electrons. The van der Waals surface area contributed by atoms with Crippen LogP contribution in [0.5, 0.6) is 0 Å². The van der Waals surface area contributed by atoms with Crippen LogP contribution in [0.3, 0.4) is 0 Å². The van der Waals surface area contributed by atoms with Crippen molar-refractivity contribution in [2.24, 2.45) is 45.3 Å². The van der Waals surface area contributed by atoms with Crippen LogP contribution in [0.25, 0.3) is 0 Å². The van der Waals surface area contributed by atoms with Crippen molar-refractivity contribution in [3.05, 3.63) is 0 Å². The molecule has 10 atom stereocenters. The number of ether oxygens (including phenoxy) is 2. The van der Waals surface area contributed by atoms with Crippen molar-refractivity contribution in [1.29, 1.82) is 0 Å². The van der Waals surface area contributed by atoms with Gasteiger partial charge >= 0.3 is 5.97 Å². The number of hydrogen-bond donors (Lipinski definition) is 1. The number of fused-ring (bicyclic) bond motifs is 5. The topological polar surface area (TPSA) is 55.8 Å². The standard InChI is InChI=1S/C32H54O4/c1-20(33)35-25-14-16-29(6)23(27(25,2)3)13-18-31(8)24(29)11-10-21-22(12-17-30(21,31)7)32(9)19-15-26(36-32)28(4,5)34/h21-26,34H,10-19H2,1-9H3/t21-,22-,23+,24-,25-,26+,29+,30-,31-,32-/m1/s1. The van der Waals surface area contributed by atoms with E-state index in [2.05, 4.69) is 41.5 Å². The van der Waals surface area contributed by atoms with Crippen LogP contribution in [0.2, 0.25) is 0 Å². The average molecular weight is 503 g/mol. The summed E-state index contributed by atoms with van der Waals surface area (Å²) in [6.07, 6.45) is 11.9. The van der Waals surface area contributed by atoms with Crippen LogP contribution in [0, 0.1) is 45.3 Å². The minimum atomic E-state index is -0.770. The van der Waals surface area contributed by atoms with Crippen molar-refractivity contribution < 1.29 is 19.4 Å². The van der Waals surface area contributed by atoms with E-state index in [9.17, 15) is 9.90 Å². The molecule has 5 fully saturated rings. The second kappa shape index (κ2) is 8.20. The van der Waals surface area contributed by atoms with E-state index in [1.807, 2.05) is 13.8 Å². The van der Waals surface area contributed by atoms with Crippen LogP contribution in [0.1, 0.15) is 127 Å². The van der Waals surface area contributed by atoms with E-state index < -0.39 is 5.60 Å². The maximum Gasteiger partial charge on any atom is 0.302 e. The van der Waals surface area contributed by atoms with Crippen LogP contribution in [0.15, 0.2) is 0 Å². The van der Waals surface area contributed by atoms with E-state index in [1.54, 1.807) is 6.92 Å². The Hall–Kier alpha value is -0.610. The summed E-state index contributed by atoms with van der Waals surface area (Å²) in [6.45, 7) is 20.4. The third kappa shape index (κ3) is 3.62. The molecule has 0 aromatic heterocycles. The van der Waals surface area contributed by atoms with Crippen LogP contribution >= 0.6 is 0 Å². The van der Waals surface area contributed by atoms with Gasteiger partial charge in [0, 0.05) is 12.3 Å². The van der Waals surface area contributed by atoms with Crippen molar-refractivity contribution >= 4 is 5.97 Å². The van der Waals surface area contributed by atoms with E-state index in [4.69, 9.17) is 9.47 Å². The van der Waals surface area contributed by atoms with Crippen LogP contribution < -0.4 is 0 Å². The fourth-order valence-electron chi connectivity index (χ4n) is 11.5. The molecule has 36 heavy (non-hydrogen) atoms. The first kappa shape index (κ1) is 27.0. The maximum absolute atomic E-state index is 11.9. The number of aliphatic hydroxyl groups is 1. The second-order valence-corrected chi connectivity index (χ2v) is 15.9. The quantitative estimate of drug-likeness (QED) is 0.411. The summed E-state index contributed by atoms with van der Waals surface area (Å²) < 4.78 is 12.6. The highest BCUT2D eigenvalue weighted by Crippen LogP contribution is 2.76. The van der Waals surface area contributed by atoms with Gasteiger partial charge in [-0.05, 0) is 125 Å². The smallest absolute Gasteiger partial charge is 0.302 e. The summed E-state index contributed by atoms with van der Waals surface area (Å²) in [7, 11) is 0. The van der Waals surface area contributed by atoms with E-state index >= 15 is 0 Å². The SMILES string of the molecule is CC(=O)O[C@@H]1CC[C@]2(C)[C@H]3CC[C@@H]4[C@H]([C@@]5(C)CC[C@@H](C(C)(C)O)O5)CC[C@@]4(C)[C@]3(C)CC[C@H]2C1(C)C. The Kier molecular flexibility index (Phi) is 6.14. The Labute approximate surface area is 220 Å². The fourth-order valence-corrected chi connectivity index (χ4v) is 11.5. The van der Waals surface area contributed by atoms with Gasteiger partial charge in [0.1, 0.15) is 6.10 Å². The van der Waals surface area contributed by atoms with Gasteiger partial charge in [0.05, 0.1) is 17.3 Å². The Bertz CT molecular complexity index is 889. The summed E-state index contributed by atoms with van der Waals surface area (Å²) in [6, 6.07) is 0. The number of hydrogen-bond acceptors (Lipinski definition) is 4. The van der Waals surface area contributed by atoms with Gasteiger partial charge in [0.25, 0.3) is 0 Å². The predicted octanol–water partition coefficient (Wildman–Crippen LogP) is 7.31. The highest BCUT2D eigenvalue weighted by molar-refractivity contribution is 5.66. The molecule has 0 amide bonds. The lowest BCUT2D eigenvalue weighted by atomic mass is 9.35. The number of carbonyl (C=O) groups excluding carboxylic acids is 1. The van der Waals surface area contributed by atoms with Gasteiger partial charge in [-0.2, -0.15) is 0 Å². The molecular formula is C32H54O4. The van der Waals surface area contributed by atoms with Crippen LogP contribution in [-0.2, 0) is 14.3 Å². The molecule has 0 spiro atoms. The van der Waals surface area contributed by atoms with Gasteiger partial charge in [0.2, 0.25) is 0 Å². The number of carbonyl (C=O) groups is 1. The zero-order chi connectivity index (χ0) is 26.5. The summed E-state index contributed by atoms with van der Waals surface area (Å²) in [5.41, 5.74) is 0.122. The number of esters is 1. The minimum absolute atomic E-state index is 0.0211. The van der Waals surface area contributed by atoms with E-state index in [0.717, 1.165) is 25.2 Å². The molecule has 0 unspecified atom stereocenters. The molecule has 1 saturated heterocycles. The van der Waals surface area contributed by atoms with Gasteiger partial charge in [-0.3, -0.25) is 4.79 Å². The van der Waals surface area contributed by atoms with Crippen molar-refractivity contribution in [3.63, 3.8) is 0 Å². The summed E-state index contributed by atoms with van der Waals surface area (Å²) >= 11 is 0. The Morgan fingerprint density at radius 2 is 1.47 bits per heavy atom. The normalized spacial score (nSPS) is 52.3. The molecule has 1 aliphatic heterocycles. The zero-order valence-electron chi connectivity index (χ0n) is 24.7. The second-order valence-electron chi connectivity index (χ2n) is 15.9. The summed E-state index contributed by atoms with van der Waals surface area (Å²) in [5.74, 6) is 2.49. The molecule has 0 bridgehead atoms. The van der Waals surface area contributed by atoms with Crippen molar-refractivity contribution in [2.45, 2.75) is 150 Å². The van der Waals surface area contributed by atoms with Crippen LogP contribution in [0.4, 0.5) is 0 Å². The molecule has 5 rings (SSSR count). The molecule has 5 aliphatic rings. The first-order chi connectivity index (χ1) is 16.5. The molecule has 0 aromatic rings. The average Bonchev–Trinajstić information content (AvgIpc) is 3.32. The van der Waals surface area contributed by atoms with Gasteiger partial charge in [-0.15, -0.1) is 0 Å². The molecule has 1 N–H and O–H groups in total.